The summed E-state index contributed by atoms with van der Waals surface area (Å²) < 4.78 is 0. The Kier molecular flexibility index (Phi) is 6.74. The Morgan fingerprint density at radius 3 is 2.59 bits per heavy atom. The number of nitrogens with zero attached hydrogens (tertiary/aromatic N) is 1. The number of carbonyl (C=O) groups excluding carboxylic acids is 1. The Morgan fingerprint density at radius 2 is 1.93 bits per heavy atom. The van der Waals surface area contributed by atoms with E-state index in [0.717, 1.165) is 38.8 Å². The predicted molar refractivity (Wildman–Crippen MR) is 108 cm³/mol. The van der Waals surface area contributed by atoms with Crippen molar-refractivity contribution in [1.29, 1.82) is 0 Å². The number of ketones is 1. The molecule has 5 nitrogen and oxygen atoms in total. The molecular weight excluding hydrogens is 339 g/mol. The van der Waals surface area contributed by atoms with Gasteiger partial charge in [0.05, 0.1) is 5.54 Å². The molecule has 0 radical (unpaired) electrons. The van der Waals surface area contributed by atoms with Crippen molar-refractivity contribution in [3.8, 4) is 0 Å². The first-order chi connectivity index (χ1) is 12.9. The highest BCUT2D eigenvalue weighted by Crippen LogP contribution is 2.39. The van der Waals surface area contributed by atoms with Crippen LogP contribution in [0.15, 0.2) is 24.3 Å². The average molecular weight is 372 g/mol. The first kappa shape index (κ1) is 20.5. The highest BCUT2D eigenvalue weighted by molar-refractivity contribution is 6.40. The molecule has 1 aliphatic carbocycles. The molecule has 1 heterocycles. The van der Waals surface area contributed by atoms with Crippen molar-refractivity contribution in [3.05, 3.63) is 35.4 Å². The van der Waals surface area contributed by atoms with Crippen LogP contribution in [0.4, 0.5) is 0 Å². The van der Waals surface area contributed by atoms with Gasteiger partial charge in [0.2, 0.25) is 0 Å². The lowest BCUT2D eigenvalue weighted by atomic mass is 9.72. The minimum Gasteiger partial charge on any atom is -0.427 e. The summed E-state index contributed by atoms with van der Waals surface area (Å²) in [4.78, 5) is 14.9. The van der Waals surface area contributed by atoms with Crippen LogP contribution in [-0.4, -0.2) is 46.5 Å². The van der Waals surface area contributed by atoms with E-state index in [2.05, 4.69) is 29.2 Å². The Bertz CT molecular complexity index is 646. The van der Waals surface area contributed by atoms with Gasteiger partial charge in [-0.2, -0.15) is 0 Å². The van der Waals surface area contributed by atoms with Crippen LogP contribution in [-0.2, 0) is 11.2 Å². The van der Waals surface area contributed by atoms with Crippen molar-refractivity contribution in [3.63, 3.8) is 0 Å². The first-order valence-electron chi connectivity index (χ1n) is 10.4. The van der Waals surface area contributed by atoms with Crippen LogP contribution in [0.5, 0.6) is 0 Å². The van der Waals surface area contributed by atoms with E-state index < -0.39 is 12.7 Å². The Balaban J connectivity index is 1.57. The molecule has 6 heteroatoms. The zero-order valence-corrected chi connectivity index (χ0v) is 16.4. The fourth-order valence-electron chi connectivity index (χ4n) is 5.05. The third-order valence-corrected chi connectivity index (χ3v) is 6.76. The number of unbranched alkanes of at least 4 members (excludes halogenated alkanes) is 1. The van der Waals surface area contributed by atoms with Gasteiger partial charge in [-0.05, 0) is 75.5 Å². The molecule has 3 rings (SSSR count). The molecule has 1 unspecified atom stereocenters. The van der Waals surface area contributed by atoms with Gasteiger partial charge in [0.25, 0.3) is 0 Å². The quantitative estimate of drug-likeness (QED) is 0.482. The number of hydrogen-bond donors (Lipinski definition) is 3. The van der Waals surface area contributed by atoms with Crippen LogP contribution in [0.2, 0.25) is 6.32 Å². The predicted octanol–water partition coefficient (Wildman–Crippen LogP) is 2.32. The number of rotatable bonds is 8. The zero-order chi connectivity index (χ0) is 19.4. The van der Waals surface area contributed by atoms with Crippen molar-refractivity contribution in [2.75, 3.05) is 13.1 Å². The Morgan fingerprint density at radius 1 is 1.22 bits per heavy atom. The van der Waals surface area contributed by atoms with Crippen LogP contribution >= 0.6 is 0 Å². The van der Waals surface area contributed by atoms with E-state index in [9.17, 15) is 4.79 Å². The number of nitrogens with two attached hydrogens (primary N) is 1. The SMILES string of the molecule is CC(=O)[C@](N)(CCCCB(O)O)C1CCN(C2CCc3ccccc32)CC1. The van der Waals surface area contributed by atoms with E-state index >= 15 is 0 Å². The Hall–Kier alpha value is -1.21. The molecule has 4 N–H and O–H groups in total. The number of hydrogen-bond acceptors (Lipinski definition) is 5. The van der Waals surface area contributed by atoms with Crippen LogP contribution < -0.4 is 5.73 Å². The summed E-state index contributed by atoms with van der Waals surface area (Å²) in [7, 11) is -1.27. The molecule has 1 fully saturated rings. The molecule has 1 aromatic carbocycles. The van der Waals surface area contributed by atoms with Gasteiger partial charge in [-0.1, -0.05) is 37.1 Å². The molecule has 1 aliphatic heterocycles. The highest BCUT2D eigenvalue weighted by Gasteiger charge is 2.41. The second kappa shape index (κ2) is 8.86. The van der Waals surface area contributed by atoms with Gasteiger partial charge in [-0.3, -0.25) is 9.69 Å². The van der Waals surface area contributed by atoms with Crippen molar-refractivity contribution >= 4 is 12.9 Å². The number of Topliss-reactive ketones (excluding diaryl/α,β-unsaturated/α-hetero) is 1. The van der Waals surface area contributed by atoms with Gasteiger partial charge in [0.1, 0.15) is 5.78 Å². The smallest absolute Gasteiger partial charge is 0.427 e. The Labute approximate surface area is 163 Å². The second-order valence-corrected chi connectivity index (χ2v) is 8.39. The second-order valence-electron chi connectivity index (χ2n) is 8.39. The topological polar surface area (TPSA) is 86.8 Å². The van der Waals surface area contributed by atoms with Crippen molar-refractivity contribution < 1.29 is 14.8 Å². The van der Waals surface area contributed by atoms with Gasteiger partial charge in [0, 0.05) is 6.04 Å². The lowest BCUT2D eigenvalue weighted by molar-refractivity contribution is -0.125. The van der Waals surface area contributed by atoms with Crippen molar-refractivity contribution in [2.24, 2.45) is 11.7 Å². The fourth-order valence-corrected chi connectivity index (χ4v) is 5.05. The monoisotopic (exact) mass is 372 g/mol. The maximum atomic E-state index is 12.4. The fraction of sp³-hybridized carbons (Fsp3) is 0.667. The minimum absolute atomic E-state index is 0.0664. The van der Waals surface area contributed by atoms with Gasteiger partial charge in [-0.15, -0.1) is 0 Å². The van der Waals surface area contributed by atoms with E-state index in [4.69, 9.17) is 15.8 Å². The number of likely N-dealkylation sites (tertiary alicyclic amines) is 1. The summed E-state index contributed by atoms with van der Waals surface area (Å²) in [5, 5.41) is 18.0. The average Bonchev–Trinajstić information content (AvgIpc) is 3.09. The lowest BCUT2D eigenvalue weighted by Crippen LogP contribution is -2.56. The third kappa shape index (κ3) is 4.62. The molecule has 0 spiro atoms. The maximum absolute atomic E-state index is 12.4. The van der Waals surface area contributed by atoms with Gasteiger partial charge in [-0.25, -0.2) is 0 Å². The van der Waals surface area contributed by atoms with Crippen LogP contribution in [0.1, 0.15) is 62.6 Å². The molecule has 27 heavy (non-hydrogen) atoms. The molecule has 0 aromatic heterocycles. The number of carbonyl (C=O) groups is 1. The van der Waals surface area contributed by atoms with E-state index in [1.165, 1.54) is 17.5 Å². The van der Waals surface area contributed by atoms with Crippen molar-refractivity contribution in [1.82, 2.24) is 4.90 Å². The van der Waals surface area contributed by atoms with E-state index in [1.807, 2.05) is 0 Å². The van der Waals surface area contributed by atoms with Crippen LogP contribution in [0.25, 0.3) is 0 Å². The number of benzene rings is 1. The summed E-state index contributed by atoms with van der Waals surface area (Å²) in [5.74, 6) is 0.277. The van der Waals surface area contributed by atoms with Gasteiger partial charge >= 0.3 is 7.12 Å². The van der Waals surface area contributed by atoms with E-state index in [0.29, 0.717) is 25.2 Å². The first-order valence-corrected chi connectivity index (χ1v) is 10.4. The molecule has 2 atom stereocenters. The maximum Gasteiger partial charge on any atom is 0.451 e. The van der Waals surface area contributed by atoms with Gasteiger partial charge in [0.15, 0.2) is 0 Å². The summed E-state index contributed by atoms with van der Waals surface area (Å²) >= 11 is 0. The largest absolute Gasteiger partial charge is 0.451 e. The molecule has 0 saturated carbocycles. The van der Waals surface area contributed by atoms with E-state index in [1.54, 1.807) is 6.92 Å². The molecule has 1 saturated heterocycles. The molecular formula is C21H33BN2O3. The number of fused-ring (bicyclic) bond motifs is 1. The van der Waals surface area contributed by atoms with Crippen LogP contribution in [0, 0.1) is 5.92 Å². The van der Waals surface area contributed by atoms with E-state index in [-0.39, 0.29) is 11.7 Å². The lowest BCUT2D eigenvalue weighted by Gasteiger charge is -2.43. The van der Waals surface area contributed by atoms with Crippen LogP contribution in [0.3, 0.4) is 0 Å². The summed E-state index contributed by atoms with van der Waals surface area (Å²) in [6, 6.07) is 9.27. The molecule has 148 valence electrons. The summed E-state index contributed by atoms with van der Waals surface area (Å²) in [6.45, 7) is 3.59. The molecule has 0 amide bonds. The summed E-state index contributed by atoms with van der Waals surface area (Å²) in [6.07, 6.45) is 6.67. The molecule has 2 aliphatic rings. The summed E-state index contributed by atoms with van der Waals surface area (Å²) in [5.41, 5.74) is 8.79. The highest BCUT2D eigenvalue weighted by atomic mass is 16.4. The van der Waals surface area contributed by atoms with Crippen molar-refractivity contribution in [2.45, 2.75) is 69.8 Å². The van der Waals surface area contributed by atoms with Gasteiger partial charge < -0.3 is 15.8 Å². The third-order valence-electron chi connectivity index (χ3n) is 6.76. The number of piperidine rings is 1. The minimum atomic E-state index is -1.27. The normalized spacial score (nSPS) is 23.0. The zero-order valence-electron chi connectivity index (χ0n) is 16.4. The number of aryl methyl sites for hydroxylation is 1. The molecule has 0 bridgehead atoms. The molecule has 1 aromatic rings. The standard InChI is InChI=1S/C21H33BN2O3/c1-16(25)21(23,12-4-5-13-22(26)27)18-10-14-24(15-11-18)20-9-8-17-6-2-3-7-19(17)20/h2-3,6-7,18,20,26-27H,4-5,8-15,23H2,1H3/t20?,21-/m1/s1.